The predicted molar refractivity (Wildman–Crippen MR) is 86.1 cm³/mol. The highest BCUT2D eigenvalue weighted by Crippen LogP contribution is 2.32. The second kappa shape index (κ2) is 7.29. The standard InChI is InChI=1S/C17H18ClNO3/c1-11-7-13(15(19)9-16(20)21)8-14(18)17(11)22-10-12-5-3-2-4-6-12/h2-8,15H,9-10,19H2,1H3,(H,20,21). The van der Waals surface area contributed by atoms with Gasteiger partial charge in [0.25, 0.3) is 0 Å². The Bertz CT molecular complexity index is 635. The van der Waals surface area contributed by atoms with E-state index >= 15 is 0 Å². The van der Waals surface area contributed by atoms with Crippen LogP contribution in [-0.2, 0) is 11.4 Å². The van der Waals surface area contributed by atoms with Crippen LogP contribution in [0.2, 0.25) is 5.02 Å². The summed E-state index contributed by atoms with van der Waals surface area (Å²) in [6.07, 6.45) is -0.139. The molecule has 0 aliphatic rings. The number of rotatable bonds is 6. The minimum Gasteiger partial charge on any atom is -0.487 e. The molecule has 0 bridgehead atoms. The summed E-state index contributed by atoms with van der Waals surface area (Å²) in [5.41, 5.74) is 8.44. The first kappa shape index (κ1) is 16.3. The van der Waals surface area contributed by atoms with E-state index in [9.17, 15) is 4.79 Å². The summed E-state index contributed by atoms with van der Waals surface area (Å²) in [6, 6.07) is 12.7. The van der Waals surface area contributed by atoms with Gasteiger partial charge >= 0.3 is 5.97 Å². The van der Waals surface area contributed by atoms with Crippen molar-refractivity contribution in [1.29, 1.82) is 0 Å². The number of carboxylic acid groups (broad SMARTS) is 1. The summed E-state index contributed by atoms with van der Waals surface area (Å²) in [6.45, 7) is 2.28. The Morgan fingerprint density at radius 2 is 2.00 bits per heavy atom. The second-order valence-corrected chi connectivity index (χ2v) is 5.53. The van der Waals surface area contributed by atoms with E-state index in [0.29, 0.717) is 22.9 Å². The van der Waals surface area contributed by atoms with Gasteiger partial charge in [0.05, 0.1) is 11.4 Å². The molecule has 0 aliphatic carbocycles. The van der Waals surface area contributed by atoms with Gasteiger partial charge in [-0.1, -0.05) is 48.0 Å². The van der Waals surface area contributed by atoms with Gasteiger partial charge in [-0.2, -0.15) is 0 Å². The average Bonchev–Trinajstić information content (AvgIpc) is 2.46. The number of hydrogen-bond donors (Lipinski definition) is 2. The Kier molecular flexibility index (Phi) is 5.41. The van der Waals surface area contributed by atoms with Crippen LogP contribution in [0.5, 0.6) is 5.75 Å². The first-order valence-electron chi connectivity index (χ1n) is 6.91. The summed E-state index contributed by atoms with van der Waals surface area (Å²) in [7, 11) is 0. The molecule has 0 aromatic heterocycles. The quantitative estimate of drug-likeness (QED) is 0.851. The third kappa shape index (κ3) is 4.23. The van der Waals surface area contributed by atoms with Gasteiger partial charge in [-0.25, -0.2) is 0 Å². The molecule has 2 rings (SSSR count). The number of ether oxygens (including phenoxy) is 1. The maximum atomic E-state index is 10.7. The molecule has 0 fully saturated rings. The van der Waals surface area contributed by atoms with Crippen molar-refractivity contribution in [2.45, 2.75) is 26.0 Å². The van der Waals surface area contributed by atoms with Crippen LogP contribution >= 0.6 is 11.6 Å². The molecule has 0 saturated carbocycles. The van der Waals surface area contributed by atoms with Crippen molar-refractivity contribution in [1.82, 2.24) is 0 Å². The summed E-state index contributed by atoms with van der Waals surface area (Å²) in [5, 5.41) is 9.25. The van der Waals surface area contributed by atoms with E-state index < -0.39 is 12.0 Å². The molecule has 1 unspecified atom stereocenters. The van der Waals surface area contributed by atoms with Crippen molar-refractivity contribution in [3.05, 3.63) is 64.2 Å². The molecule has 2 aromatic carbocycles. The van der Waals surface area contributed by atoms with Gasteiger partial charge in [0, 0.05) is 6.04 Å². The summed E-state index contributed by atoms with van der Waals surface area (Å²) in [5.74, 6) is -0.345. The fraction of sp³-hybridized carbons (Fsp3) is 0.235. The van der Waals surface area contributed by atoms with Crippen molar-refractivity contribution in [3.8, 4) is 5.75 Å². The molecule has 4 nitrogen and oxygen atoms in total. The largest absolute Gasteiger partial charge is 0.487 e. The van der Waals surface area contributed by atoms with Gasteiger partial charge in [-0.15, -0.1) is 0 Å². The number of aryl methyl sites for hydroxylation is 1. The van der Waals surface area contributed by atoms with Crippen molar-refractivity contribution < 1.29 is 14.6 Å². The minimum absolute atomic E-state index is 0.139. The zero-order chi connectivity index (χ0) is 16.1. The van der Waals surface area contributed by atoms with Crippen LogP contribution in [0.25, 0.3) is 0 Å². The molecule has 22 heavy (non-hydrogen) atoms. The van der Waals surface area contributed by atoms with Crippen LogP contribution in [-0.4, -0.2) is 11.1 Å². The SMILES string of the molecule is Cc1cc(C(N)CC(=O)O)cc(Cl)c1OCc1ccccc1. The van der Waals surface area contributed by atoms with Crippen molar-refractivity contribution in [3.63, 3.8) is 0 Å². The topological polar surface area (TPSA) is 72.6 Å². The predicted octanol–water partition coefficient (Wildman–Crippen LogP) is 3.70. The van der Waals surface area contributed by atoms with E-state index in [0.717, 1.165) is 11.1 Å². The van der Waals surface area contributed by atoms with E-state index in [2.05, 4.69) is 0 Å². The summed E-state index contributed by atoms with van der Waals surface area (Å²) < 4.78 is 5.78. The van der Waals surface area contributed by atoms with Crippen LogP contribution in [0.15, 0.2) is 42.5 Å². The lowest BCUT2D eigenvalue weighted by Crippen LogP contribution is -2.15. The molecular formula is C17H18ClNO3. The minimum atomic E-state index is -0.939. The number of carbonyl (C=O) groups is 1. The Labute approximate surface area is 134 Å². The number of nitrogens with two attached hydrogens (primary N) is 1. The first-order chi connectivity index (χ1) is 10.5. The lowest BCUT2D eigenvalue weighted by Gasteiger charge is -2.16. The van der Waals surface area contributed by atoms with E-state index in [-0.39, 0.29) is 6.42 Å². The van der Waals surface area contributed by atoms with Gasteiger partial charge in [-0.05, 0) is 29.7 Å². The van der Waals surface area contributed by atoms with Gasteiger partial charge in [0.15, 0.2) is 0 Å². The smallest absolute Gasteiger partial charge is 0.305 e. The van der Waals surface area contributed by atoms with E-state index in [1.54, 1.807) is 6.07 Å². The van der Waals surface area contributed by atoms with Crippen molar-refractivity contribution in [2.75, 3.05) is 0 Å². The fourth-order valence-electron chi connectivity index (χ4n) is 2.19. The molecule has 0 spiro atoms. The Hall–Kier alpha value is -2.04. The van der Waals surface area contributed by atoms with Gasteiger partial charge < -0.3 is 15.6 Å². The molecule has 0 aliphatic heterocycles. The highest BCUT2D eigenvalue weighted by atomic mass is 35.5. The van der Waals surface area contributed by atoms with Crippen molar-refractivity contribution in [2.24, 2.45) is 5.73 Å². The number of hydrogen-bond acceptors (Lipinski definition) is 3. The van der Waals surface area contributed by atoms with Crippen molar-refractivity contribution >= 4 is 17.6 Å². The lowest BCUT2D eigenvalue weighted by atomic mass is 10.0. The Morgan fingerprint density at radius 3 is 2.59 bits per heavy atom. The zero-order valence-corrected chi connectivity index (χ0v) is 13.0. The molecule has 0 amide bonds. The number of halogens is 1. The lowest BCUT2D eigenvalue weighted by molar-refractivity contribution is -0.137. The van der Waals surface area contributed by atoms with Crippen LogP contribution < -0.4 is 10.5 Å². The fourth-order valence-corrected chi connectivity index (χ4v) is 2.52. The van der Waals surface area contributed by atoms with Crippen LogP contribution in [0.4, 0.5) is 0 Å². The summed E-state index contributed by atoms with van der Waals surface area (Å²) in [4.78, 5) is 10.7. The normalized spacial score (nSPS) is 12.0. The van der Waals surface area contributed by atoms with Gasteiger partial charge in [0.1, 0.15) is 12.4 Å². The van der Waals surface area contributed by atoms with Crippen LogP contribution in [0.3, 0.4) is 0 Å². The molecule has 5 heteroatoms. The van der Waals surface area contributed by atoms with Crippen LogP contribution in [0.1, 0.15) is 29.2 Å². The molecule has 0 saturated heterocycles. The highest BCUT2D eigenvalue weighted by molar-refractivity contribution is 6.32. The third-order valence-electron chi connectivity index (χ3n) is 3.30. The Morgan fingerprint density at radius 1 is 1.32 bits per heavy atom. The molecule has 0 heterocycles. The molecule has 116 valence electrons. The van der Waals surface area contributed by atoms with Gasteiger partial charge in [0.2, 0.25) is 0 Å². The van der Waals surface area contributed by atoms with Gasteiger partial charge in [-0.3, -0.25) is 4.79 Å². The third-order valence-corrected chi connectivity index (χ3v) is 3.58. The number of carboxylic acids is 1. The monoisotopic (exact) mass is 319 g/mol. The maximum Gasteiger partial charge on any atom is 0.305 e. The average molecular weight is 320 g/mol. The summed E-state index contributed by atoms with van der Waals surface area (Å²) >= 11 is 6.25. The molecular weight excluding hydrogens is 302 g/mol. The molecule has 1 atom stereocenters. The van der Waals surface area contributed by atoms with Crippen LogP contribution in [0, 0.1) is 6.92 Å². The van der Waals surface area contributed by atoms with E-state index in [4.69, 9.17) is 27.2 Å². The molecule has 3 N–H and O–H groups in total. The second-order valence-electron chi connectivity index (χ2n) is 5.13. The first-order valence-corrected chi connectivity index (χ1v) is 7.29. The Balaban J connectivity index is 2.14. The maximum absolute atomic E-state index is 10.7. The zero-order valence-electron chi connectivity index (χ0n) is 12.3. The van der Waals surface area contributed by atoms with E-state index in [1.807, 2.05) is 43.3 Å². The molecule has 2 aromatic rings. The number of aliphatic carboxylic acids is 1. The number of benzene rings is 2. The van der Waals surface area contributed by atoms with E-state index in [1.165, 1.54) is 0 Å². The molecule has 0 radical (unpaired) electrons. The highest BCUT2D eigenvalue weighted by Gasteiger charge is 2.15.